The molecular formula is C14H24N4O. The molecule has 0 aliphatic carbocycles. The highest BCUT2D eigenvalue weighted by molar-refractivity contribution is 5.94. The van der Waals surface area contributed by atoms with Crippen molar-refractivity contribution in [2.24, 2.45) is 0 Å². The largest absolute Gasteiger partial charge is 0.373 e. The topological polar surface area (TPSA) is 57.3 Å². The molecule has 0 aliphatic rings. The second kappa shape index (κ2) is 7.74. The number of hydrogen-bond donors (Lipinski definition) is 2. The summed E-state index contributed by atoms with van der Waals surface area (Å²) >= 11 is 0. The van der Waals surface area contributed by atoms with Gasteiger partial charge in [-0.05, 0) is 32.5 Å². The van der Waals surface area contributed by atoms with E-state index < -0.39 is 0 Å². The summed E-state index contributed by atoms with van der Waals surface area (Å²) in [5.41, 5.74) is 0.588. The molecule has 1 unspecified atom stereocenters. The molecule has 1 aromatic rings. The highest BCUT2D eigenvalue weighted by atomic mass is 16.1. The molecule has 5 heteroatoms. The van der Waals surface area contributed by atoms with Gasteiger partial charge in [0, 0.05) is 32.4 Å². The molecule has 0 radical (unpaired) electrons. The fourth-order valence-corrected chi connectivity index (χ4v) is 1.66. The van der Waals surface area contributed by atoms with Crippen LogP contribution in [0.3, 0.4) is 0 Å². The monoisotopic (exact) mass is 264 g/mol. The number of nitrogens with zero attached hydrogens (tertiary/aromatic N) is 2. The van der Waals surface area contributed by atoms with E-state index in [9.17, 15) is 4.79 Å². The number of carbonyl (C=O) groups is 1. The summed E-state index contributed by atoms with van der Waals surface area (Å²) in [5.74, 6) is 0.681. The molecule has 0 bridgehead atoms. The van der Waals surface area contributed by atoms with Crippen molar-refractivity contribution in [3.63, 3.8) is 0 Å². The first-order valence-corrected chi connectivity index (χ1v) is 6.70. The Labute approximate surface area is 115 Å². The Hall–Kier alpha value is -1.62. The Morgan fingerprint density at radius 2 is 2.21 bits per heavy atom. The molecular weight excluding hydrogens is 240 g/mol. The van der Waals surface area contributed by atoms with Crippen molar-refractivity contribution in [3.8, 4) is 0 Å². The maximum Gasteiger partial charge on any atom is 0.252 e. The van der Waals surface area contributed by atoms with Crippen LogP contribution in [-0.4, -0.2) is 49.0 Å². The van der Waals surface area contributed by atoms with E-state index >= 15 is 0 Å². The third-order valence-electron chi connectivity index (χ3n) is 3.38. The Kier molecular flexibility index (Phi) is 6.29. The predicted molar refractivity (Wildman–Crippen MR) is 78.5 cm³/mol. The van der Waals surface area contributed by atoms with Crippen molar-refractivity contribution in [3.05, 3.63) is 23.9 Å². The normalized spacial score (nSPS) is 12.3. The number of pyridine rings is 1. The van der Waals surface area contributed by atoms with Crippen LogP contribution in [0.4, 0.5) is 5.82 Å². The molecule has 0 saturated carbocycles. The smallest absolute Gasteiger partial charge is 0.252 e. The van der Waals surface area contributed by atoms with Crippen LogP contribution in [0, 0.1) is 0 Å². The van der Waals surface area contributed by atoms with Crippen molar-refractivity contribution in [2.45, 2.75) is 26.3 Å². The Morgan fingerprint density at radius 1 is 1.47 bits per heavy atom. The number of nitrogens with one attached hydrogen (secondary N) is 2. The molecule has 0 spiro atoms. The van der Waals surface area contributed by atoms with E-state index in [-0.39, 0.29) is 5.91 Å². The second-order valence-corrected chi connectivity index (χ2v) is 4.68. The highest BCUT2D eigenvalue weighted by Gasteiger charge is 2.08. The number of carbonyl (C=O) groups excluding carboxylic acids is 1. The minimum absolute atomic E-state index is 0.0762. The van der Waals surface area contributed by atoms with E-state index in [1.807, 2.05) is 0 Å². The molecule has 106 valence electrons. The fourth-order valence-electron chi connectivity index (χ4n) is 1.66. The van der Waals surface area contributed by atoms with Crippen LogP contribution in [0.15, 0.2) is 18.3 Å². The first-order valence-electron chi connectivity index (χ1n) is 6.70. The van der Waals surface area contributed by atoms with Gasteiger partial charge in [0.15, 0.2) is 0 Å². The van der Waals surface area contributed by atoms with Gasteiger partial charge in [-0.3, -0.25) is 4.79 Å². The number of rotatable bonds is 7. The number of likely N-dealkylation sites (N-methyl/N-ethyl adjacent to an activating group) is 1. The molecule has 0 saturated heterocycles. The predicted octanol–water partition coefficient (Wildman–Crippen LogP) is 1.58. The van der Waals surface area contributed by atoms with Crippen LogP contribution < -0.4 is 10.6 Å². The van der Waals surface area contributed by atoms with Gasteiger partial charge in [-0.25, -0.2) is 4.98 Å². The molecule has 0 aliphatic heterocycles. The lowest BCUT2D eigenvalue weighted by atomic mass is 10.2. The second-order valence-electron chi connectivity index (χ2n) is 4.68. The van der Waals surface area contributed by atoms with E-state index in [0.29, 0.717) is 18.2 Å². The van der Waals surface area contributed by atoms with E-state index in [1.54, 1.807) is 25.4 Å². The lowest BCUT2D eigenvalue weighted by molar-refractivity contribution is 0.0947. The van der Waals surface area contributed by atoms with E-state index in [4.69, 9.17) is 0 Å². The van der Waals surface area contributed by atoms with E-state index in [1.165, 1.54) is 0 Å². The van der Waals surface area contributed by atoms with Crippen LogP contribution >= 0.6 is 0 Å². The summed E-state index contributed by atoms with van der Waals surface area (Å²) in [6, 6.07) is 4.10. The lowest BCUT2D eigenvalue weighted by Crippen LogP contribution is -2.37. The molecule has 1 heterocycles. The van der Waals surface area contributed by atoms with Gasteiger partial charge < -0.3 is 15.5 Å². The Bertz CT molecular complexity index is 391. The summed E-state index contributed by atoms with van der Waals surface area (Å²) in [6.45, 7) is 5.84. The Morgan fingerprint density at radius 3 is 2.74 bits per heavy atom. The number of aromatic nitrogens is 1. The zero-order chi connectivity index (χ0) is 14.3. The molecule has 1 rings (SSSR count). The SMILES string of the molecule is CCC(C)N(C)CCNC(=O)c1ccc(NC)nc1. The zero-order valence-corrected chi connectivity index (χ0v) is 12.2. The third-order valence-corrected chi connectivity index (χ3v) is 3.38. The van der Waals surface area contributed by atoms with Gasteiger partial charge in [0.25, 0.3) is 5.91 Å². The summed E-state index contributed by atoms with van der Waals surface area (Å²) < 4.78 is 0. The fraction of sp³-hybridized carbons (Fsp3) is 0.571. The molecule has 19 heavy (non-hydrogen) atoms. The van der Waals surface area contributed by atoms with Gasteiger partial charge in [-0.2, -0.15) is 0 Å². The van der Waals surface area contributed by atoms with Crippen LogP contribution in [0.1, 0.15) is 30.6 Å². The number of anilines is 1. The van der Waals surface area contributed by atoms with Gasteiger partial charge in [0.05, 0.1) is 5.56 Å². The minimum Gasteiger partial charge on any atom is -0.373 e. The maximum absolute atomic E-state index is 11.9. The van der Waals surface area contributed by atoms with Crippen LogP contribution in [0.5, 0.6) is 0 Å². The standard InChI is InChI=1S/C14H24N4O/c1-5-11(2)18(4)9-8-16-14(19)12-6-7-13(15-3)17-10-12/h6-7,10-11H,5,8-9H2,1-4H3,(H,15,17)(H,16,19). The molecule has 2 N–H and O–H groups in total. The molecule has 0 aromatic carbocycles. The lowest BCUT2D eigenvalue weighted by Gasteiger charge is -2.23. The van der Waals surface area contributed by atoms with E-state index in [0.717, 1.165) is 18.8 Å². The summed E-state index contributed by atoms with van der Waals surface area (Å²) in [4.78, 5) is 18.2. The summed E-state index contributed by atoms with van der Waals surface area (Å²) in [5, 5.41) is 5.83. The van der Waals surface area contributed by atoms with E-state index in [2.05, 4.69) is 41.4 Å². The van der Waals surface area contributed by atoms with Gasteiger partial charge in [-0.15, -0.1) is 0 Å². The van der Waals surface area contributed by atoms with Crippen LogP contribution in [-0.2, 0) is 0 Å². The van der Waals surface area contributed by atoms with Crippen molar-refractivity contribution < 1.29 is 4.79 Å². The third kappa shape index (κ3) is 4.87. The first-order chi connectivity index (χ1) is 9.08. The van der Waals surface area contributed by atoms with Gasteiger partial charge in [-0.1, -0.05) is 6.92 Å². The number of amides is 1. The van der Waals surface area contributed by atoms with Crippen molar-refractivity contribution in [1.82, 2.24) is 15.2 Å². The molecule has 1 atom stereocenters. The first kappa shape index (κ1) is 15.4. The average Bonchev–Trinajstić information content (AvgIpc) is 2.46. The zero-order valence-electron chi connectivity index (χ0n) is 12.2. The van der Waals surface area contributed by atoms with Gasteiger partial charge >= 0.3 is 0 Å². The molecule has 5 nitrogen and oxygen atoms in total. The van der Waals surface area contributed by atoms with Gasteiger partial charge in [0.1, 0.15) is 5.82 Å². The van der Waals surface area contributed by atoms with Crippen LogP contribution in [0.2, 0.25) is 0 Å². The van der Waals surface area contributed by atoms with Crippen molar-refractivity contribution in [1.29, 1.82) is 0 Å². The molecule has 0 fully saturated rings. The summed E-state index contributed by atoms with van der Waals surface area (Å²) in [6.07, 6.45) is 2.69. The minimum atomic E-state index is -0.0762. The van der Waals surface area contributed by atoms with Crippen molar-refractivity contribution >= 4 is 11.7 Å². The quantitative estimate of drug-likeness (QED) is 0.785. The number of hydrogen-bond acceptors (Lipinski definition) is 4. The summed E-state index contributed by atoms with van der Waals surface area (Å²) in [7, 11) is 3.87. The molecule has 1 amide bonds. The Balaban J connectivity index is 2.38. The van der Waals surface area contributed by atoms with Crippen molar-refractivity contribution in [2.75, 3.05) is 32.5 Å². The maximum atomic E-state index is 11.9. The average molecular weight is 264 g/mol. The highest BCUT2D eigenvalue weighted by Crippen LogP contribution is 2.04. The van der Waals surface area contributed by atoms with Gasteiger partial charge in [0.2, 0.25) is 0 Å². The van der Waals surface area contributed by atoms with Crippen LogP contribution in [0.25, 0.3) is 0 Å². The molecule has 1 aromatic heterocycles.